The summed E-state index contributed by atoms with van der Waals surface area (Å²) < 4.78 is 82.2. The third-order valence-corrected chi connectivity index (χ3v) is 15.0. The van der Waals surface area contributed by atoms with Crippen LogP contribution in [0, 0.1) is 37.1 Å². The molecule has 8 nitrogen and oxygen atoms in total. The van der Waals surface area contributed by atoms with Gasteiger partial charge >= 0.3 is 15.4 Å². The zero-order valence-electron chi connectivity index (χ0n) is 43.3. The molecule has 14 rings (SSSR count). The quantitative estimate of drug-likeness (QED) is 0.0753. The fraction of sp³-hybridized carbons (Fsp3) is 0.0758. The summed E-state index contributed by atoms with van der Waals surface area (Å²) in [5.74, 6) is -3.32. The molecule has 0 saturated heterocycles. The van der Waals surface area contributed by atoms with E-state index in [1.807, 2.05) is 84.9 Å². The van der Waals surface area contributed by atoms with Crippen LogP contribution in [0.5, 0.6) is 0 Å². The topological polar surface area (TPSA) is 135 Å². The molecule has 14 heteroatoms. The van der Waals surface area contributed by atoms with Gasteiger partial charge in [0, 0.05) is 46.4 Å². The molecule has 3 aromatic heterocycles. The van der Waals surface area contributed by atoms with Gasteiger partial charge in [0.15, 0.2) is 23.3 Å². The van der Waals surface area contributed by atoms with Crippen LogP contribution in [0.25, 0.3) is 70.8 Å². The molecule has 10 aromatic carbocycles. The van der Waals surface area contributed by atoms with E-state index in [0.717, 1.165) is 63.5 Å². The molecule has 4 heterocycles. The minimum Gasteiger partial charge on any atom is -0.420 e. The molecule has 0 saturated carbocycles. The van der Waals surface area contributed by atoms with Crippen LogP contribution in [0.4, 0.5) is 17.6 Å². The fourth-order valence-electron chi connectivity index (χ4n) is 9.29. The minimum atomic E-state index is -3.30. The molecule has 4 N–H and O–H groups in total. The van der Waals surface area contributed by atoms with E-state index in [0.29, 0.717) is 16.2 Å². The van der Waals surface area contributed by atoms with Crippen molar-refractivity contribution in [1.82, 2.24) is 19.5 Å². The molecule has 1 aliphatic heterocycles. The average Bonchev–Trinajstić information content (AvgIpc) is 3.99. The van der Waals surface area contributed by atoms with Gasteiger partial charge in [-0.05, 0) is 106 Å². The van der Waals surface area contributed by atoms with E-state index < -0.39 is 44.2 Å². The van der Waals surface area contributed by atoms with Gasteiger partial charge in [-0.15, -0.1) is 0 Å². The van der Waals surface area contributed by atoms with Crippen molar-refractivity contribution in [2.45, 2.75) is 43.3 Å². The number of para-hydroxylation sites is 3. The van der Waals surface area contributed by atoms with Crippen molar-refractivity contribution >= 4 is 90.4 Å². The van der Waals surface area contributed by atoms with Crippen LogP contribution >= 0.6 is 0 Å². The Morgan fingerprint density at radius 1 is 0.463 bits per heavy atom. The molecule has 0 fully saturated rings. The maximum absolute atomic E-state index is 12.7. The first-order valence-electron chi connectivity index (χ1n) is 25.0. The van der Waals surface area contributed by atoms with E-state index in [-0.39, 0.29) is 28.3 Å². The van der Waals surface area contributed by atoms with Crippen LogP contribution in [0.2, 0.25) is 5.79 Å². The lowest BCUT2D eigenvalue weighted by atomic mass is 9.95. The molecular weight excluding hydrogens is 1050 g/mol. The second kappa shape index (κ2) is 26.8. The van der Waals surface area contributed by atoms with Crippen molar-refractivity contribution in [2.75, 3.05) is 0 Å². The van der Waals surface area contributed by atoms with Crippen LogP contribution in [0.15, 0.2) is 241 Å². The van der Waals surface area contributed by atoms with E-state index in [2.05, 4.69) is 135 Å². The summed E-state index contributed by atoms with van der Waals surface area (Å²) in [6.45, 7) is 1.96. The number of halogens is 4. The Bertz CT molecular complexity index is 3940. The standard InChI is InChI=1S/C18H12.C13H10N2.C13H10O2S.C12H8N2.C8H6F4.CH4.CH3.Al.H2N.H2O/c1-2-8-14-13(7-1)15-9-3-4-11-17(15)18-12-6-5-10-16(14)18;1-2-6-11(7-3-1)15-10-14-12-8-4-5-9-13(12)15;14-16(15)12-7-3-1-5-10(12)9-11-6-2-4-8-13(11)16;1-3-9-5-6-10-4-2-8-14-12(10)11(9)13-7-1;1-3-5(9)7(11)4(2)8(12)6(3)10;;;;;/h1-12H;1-10H;1-8H,9H2;1-8H;1-2H3;1H4;1H3;;2*1H2/q;;;;;;;+1;-1;. The van der Waals surface area contributed by atoms with Gasteiger partial charge in [-0.1, -0.05) is 177 Å². The van der Waals surface area contributed by atoms with Crippen molar-refractivity contribution in [2.24, 2.45) is 4.72 Å². The Morgan fingerprint density at radius 2 is 0.812 bits per heavy atom. The Morgan fingerprint density at radius 3 is 1.23 bits per heavy atom. The summed E-state index contributed by atoms with van der Waals surface area (Å²) in [4.78, 5) is 14.0. The smallest absolute Gasteiger partial charge is 0.313 e. The highest BCUT2D eigenvalue weighted by Gasteiger charge is 2.28. The van der Waals surface area contributed by atoms with E-state index in [1.165, 1.54) is 32.3 Å². The number of nitrogens with two attached hydrogens (primary N) is 1. The lowest BCUT2D eigenvalue weighted by Gasteiger charge is -2.19. The van der Waals surface area contributed by atoms with Gasteiger partial charge in [0.25, 0.3) is 0 Å². The van der Waals surface area contributed by atoms with Crippen molar-refractivity contribution in [3.8, 4) is 5.69 Å². The maximum Gasteiger partial charge on any atom is 0.313 e. The summed E-state index contributed by atoms with van der Waals surface area (Å²) in [5, 5.41) is 10.3. The molecule has 0 unspecified atom stereocenters. The minimum absolute atomic E-state index is 0. The molecule has 0 atom stereocenters. The second-order valence-corrected chi connectivity index (χ2v) is 20.6. The molecule has 13 aromatic rings. The first-order chi connectivity index (χ1) is 37.9. The van der Waals surface area contributed by atoms with Crippen LogP contribution in [-0.2, 0) is 16.3 Å². The zero-order chi connectivity index (χ0) is 54.8. The summed E-state index contributed by atoms with van der Waals surface area (Å²) in [6.07, 6.45) is 6.17. The number of rotatable bonds is 1. The number of sulfone groups is 1. The molecule has 0 bridgehead atoms. The number of nitrogens with zero attached hydrogens (tertiary/aromatic N) is 4. The van der Waals surface area contributed by atoms with Gasteiger partial charge in [0.2, 0.25) is 9.84 Å². The molecule has 80 heavy (non-hydrogen) atoms. The third kappa shape index (κ3) is 12.5. The highest BCUT2D eigenvalue weighted by atomic mass is 32.2. The van der Waals surface area contributed by atoms with Gasteiger partial charge in [-0.2, -0.15) is 0 Å². The predicted octanol–water partition coefficient (Wildman–Crippen LogP) is 15.7. The Balaban J connectivity index is 0.000000143. The summed E-state index contributed by atoms with van der Waals surface area (Å²) >= 11 is 0.250. The van der Waals surface area contributed by atoms with E-state index in [9.17, 15) is 26.0 Å². The number of hydrogen-bond acceptors (Lipinski definition) is 6. The van der Waals surface area contributed by atoms with Crippen molar-refractivity contribution in [3.05, 3.63) is 277 Å². The molecule has 0 amide bonds. The highest BCUT2D eigenvalue weighted by molar-refractivity contribution is 7.91. The van der Waals surface area contributed by atoms with Crippen molar-refractivity contribution in [1.29, 1.82) is 0 Å². The average molecular weight is 1100 g/mol. The van der Waals surface area contributed by atoms with Crippen LogP contribution in [0.1, 0.15) is 29.7 Å². The SMILES string of the molecule is C.Cc1c(F)c(F)c(C)c(F)c1F.O.O=S1(=O)c2ccccc2Cc2ccccc21.[CH3][Al][NH2].c1ccc(-n2cnc3ccccc32)cc1.c1ccc2c(c1)c1ccccc1c1ccccc21.c1cnc2c(c1)ccc1cccnc12. The van der Waals surface area contributed by atoms with E-state index in [1.54, 1.807) is 36.7 Å². The normalized spacial score (nSPS) is 11.4. The zero-order valence-corrected chi connectivity index (χ0v) is 45.3. The molecule has 401 valence electrons. The molecule has 0 spiro atoms. The molecule has 1 radical (unpaired) electrons. The summed E-state index contributed by atoms with van der Waals surface area (Å²) in [7, 11) is -3.30. The molecule has 0 aliphatic carbocycles. The Labute approximate surface area is 469 Å². The number of pyridine rings is 2. The van der Waals surface area contributed by atoms with Gasteiger partial charge in [0.1, 0.15) is 6.33 Å². The number of aromatic nitrogens is 4. The van der Waals surface area contributed by atoms with Crippen molar-refractivity contribution in [3.63, 3.8) is 0 Å². The van der Waals surface area contributed by atoms with Crippen LogP contribution in [-0.4, -0.2) is 48.9 Å². The Kier molecular flexibility index (Phi) is 19.8. The maximum atomic E-state index is 12.7. The summed E-state index contributed by atoms with van der Waals surface area (Å²) in [5.41, 5.74) is 5.79. The first-order valence-corrected chi connectivity index (χ1v) is 28.3. The lowest BCUT2D eigenvalue weighted by molar-refractivity contribution is 0.436. The van der Waals surface area contributed by atoms with Crippen LogP contribution < -0.4 is 4.72 Å². The van der Waals surface area contributed by atoms with Crippen molar-refractivity contribution < 1.29 is 31.5 Å². The fourth-order valence-corrected chi connectivity index (χ4v) is 11.0. The second-order valence-electron chi connectivity index (χ2n) is 18.0. The first kappa shape index (κ1) is 59.1. The van der Waals surface area contributed by atoms with Gasteiger partial charge in [-0.25, -0.2) is 31.0 Å². The lowest BCUT2D eigenvalue weighted by Crippen LogP contribution is -2.14. The number of imidazole rings is 1. The number of hydrogen-bond donors (Lipinski definition) is 1. The van der Waals surface area contributed by atoms with Gasteiger partial charge in [0.05, 0.1) is 31.9 Å². The molecule has 1 aliphatic rings. The largest absolute Gasteiger partial charge is 0.420 e. The van der Waals surface area contributed by atoms with Gasteiger partial charge in [-0.3, -0.25) is 14.5 Å². The third-order valence-electron chi connectivity index (χ3n) is 13.1. The highest BCUT2D eigenvalue weighted by Crippen LogP contribution is 2.36. The van der Waals surface area contributed by atoms with E-state index >= 15 is 0 Å². The van der Waals surface area contributed by atoms with Crippen LogP contribution in [0.3, 0.4) is 0 Å². The molecular formula is C66H57AlF4N5O3S. The monoisotopic (exact) mass is 1100 g/mol. The van der Waals surface area contributed by atoms with Gasteiger partial charge < -0.3 is 10.2 Å². The summed E-state index contributed by atoms with van der Waals surface area (Å²) in [6, 6.07) is 70.9. The Hall–Kier alpha value is -8.61. The predicted molar refractivity (Wildman–Crippen MR) is 320 cm³/mol. The number of benzene rings is 10. The van der Waals surface area contributed by atoms with E-state index in [4.69, 9.17) is 4.72 Å². The number of fused-ring (bicyclic) bond motifs is 12.